The van der Waals surface area contributed by atoms with Gasteiger partial charge in [0.15, 0.2) is 5.76 Å². The molecule has 0 unspecified atom stereocenters. The first-order valence-electron chi connectivity index (χ1n) is 9.86. The molecule has 0 spiro atoms. The minimum Gasteiger partial charge on any atom is -0.459 e. The molecule has 0 aliphatic heterocycles. The van der Waals surface area contributed by atoms with Gasteiger partial charge in [0.25, 0.3) is 17.7 Å². The van der Waals surface area contributed by atoms with Gasteiger partial charge < -0.3 is 20.4 Å². The van der Waals surface area contributed by atoms with E-state index in [1.54, 1.807) is 66.0 Å². The van der Waals surface area contributed by atoms with Crippen LogP contribution in [-0.2, 0) is 6.54 Å². The number of hydrogen-bond donors (Lipinski definition) is 3. The number of nitrogens with one attached hydrogen (secondary N) is 3. The Bertz CT molecular complexity index is 1270. The van der Waals surface area contributed by atoms with Crippen LogP contribution in [0.2, 0.25) is 5.02 Å². The first-order chi connectivity index (χ1) is 16.0. The topological polar surface area (TPSA) is 100 Å². The third kappa shape index (κ3) is 5.68. The van der Waals surface area contributed by atoms with Gasteiger partial charge in [-0.3, -0.25) is 14.4 Å². The van der Waals surface area contributed by atoms with Crippen LogP contribution < -0.4 is 16.0 Å². The molecule has 7 nitrogen and oxygen atoms in total. The molecule has 0 aliphatic rings. The van der Waals surface area contributed by atoms with Crippen LogP contribution in [0.3, 0.4) is 0 Å². The highest BCUT2D eigenvalue weighted by molar-refractivity contribution is 7.12. The summed E-state index contributed by atoms with van der Waals surface area (Å²) in [5, 5.41) is 10.4. The van der Waals surface area contributed by atoms with Crippen LogP contribution in [0.1, 0.15) is 36.1 Å². The summed E-state index contributed by atoms with van der Waals surface area (Å²) in [6.45, 7) is 0.282. The molecule has 2 heterocycles. The Morgan fingerprint density at radius 2 is 1.70 bits per heavy atom. The van der Waals surface area contributed by atoms with Crippen molar-refractivity contribution in [2.24, 2.45) is 0 Å². The smallest absolute Gasteiger partial charge is 0.291 e. The summed E-state index contributed by atoms with van der Waals surface area (Å²) in [5.41, 5.74) is 2.18. The summed E-state index contributed by atoms with van der Waals surface area (Å²) in [6, 6.07) is 18.5. The van der Waals surface area contributed by atoms with Crippen LogP contribution in [0, 0.1) is 0 Å². The van der Waals surface area contributed by atoms with Gasteiger partial charge in [0.1, 0.15) is 0 Å². The number of rotatable bonds is 7. The molecule has 0 aliphatic carbocycles. The first-order valence-corrected chi connectivity index (χ1v) is 11.1. The van der Waals surface area contributed by atoms with E-state index in [-0.39, 0.29) is 30.0 Å². The fourth-order valence-electron chi connectivity index (χ4n) is 2.94. The van der Waals surface area contributed by atoms with Crippen molar-refractivity contribution in [1.29, 1.82) is 0 Å². The van der Waals surface area contributed by atoms with E-state index < -0.39 is 0 Å². The Labute approximate surface area is 198 Å². The summed E-state index contributed by atoms with van der Waals surface area (Å²) in [5.74, 6) is -0.719. The van der Waals surface area contributed by atoms with Gasteiger partial charge >= 0.3 is 0 Å². The van der Waals surface area contributed by atoms with E-state index in [1.807, 2.05) is 0 Å². The van der Waals surface area contributed by atoms with Gasteiger partial charge in [-0.25, -0.2) is 0 Å². The molecule has 0 bridgehead atoms. The van der Waals surface area contributed by atoms with Gasteiger partial charge in [-0.15, -0.1) is 11.3 Å². The van der Waals surface area contributed by atoms with E-state index in [4.69, 9.17) is 16.0 Å². The van der Waals surface area contributed by atoms with Crippen LogP contribution in [0.15, 0.2) is 82.8 Å². The van der Waals surface area contributed by atoms with Crippen molar-refractivity contribution in [2.75, 3.05) is 10.6 Å². The Morgan fingerprint density at radius 3 is 2.39 bits per heavy atom. The predicted octanol–water partition coefficient (Wildman–Crippen LogP) is 5.43. The molecular weight excluding hydrogens is 462 g/mol. The third-order valence-electron chi connectivity index (χ3n) is 4.63. The summed E-state index contributed by atoms with van der Waals surface area (Å²) >= 11 is 7.50. The molecule has 0 saturated carbocycles. The number of hydrogen-bond acceptors (Lipinski definition) is 5. The van der Waals surface area contributed by atoms with E-state index in [0.29, 0.717) is 26.8 Å². The minimum atomic E-state index is -0.342. The summed E-state index contributed by atoms with van der Waals surface area (Å²) in [6.07, 6.45) is 1.43. The second-order valence-corrected chi connectivity index (χ2v) is 8.29. The van der Waals surface area contributed by atoms with Crippen LogP contribution in [0.5, 0.6) is 0 Å². The quantitative estimate of drug-likeness (QED) is 0.329. The largest absolute Gasteiger partial charge is 0.459 e. The Balaban J connectivity index is 1.34. The lowest BCUT2D eigenvalue weighted by atomic mass is 10.1. The number of furan rings is 1. The van der Waals surface area contributed by atoms with Gasteiger partial charge in [0, 0.05) is 17.8 Å². The van der Waals surface area contributed by atoms with Crippen molar-refractivity contribution in [3.8, 4) is 0 Å². The molecule has 2 aromatic carbocycles. The number of halogens is 1. The number of thiophene rings is 1. The molecule has 2 aromatic heterocycles. The molecule has 0 fully saturated rings. The molecule has 0 saturated heterocycles. The van der Waals surface area contributed by atoms with Crippen LogP contribution in [-0.4, -0.2) is 17.7 Å². The van der Waals surface area contributed by atoms with Crippen molar-refractivity contribution in [1.82, 2.24) is 5.32 Å². The lowest BCUT2D eigenvalue weighted by molar-refractivity contribution is 0.0948. The van der Waals surface area contributed by atoms with E-state index in [1.165, 1.54) is 23.7 Å². The highest BCUT2D eigenvalue weighted by Crippen LogP contribution is 2.24. The van der Waals surface area contributed by atoms with Crippen molar-refractivity contribution in [2.45, 2.75) is 6.54 Å². The zero-order valence-corrected chi connectivity index (χ0v) is 18.7. The monoisotopic (exact) mass is 479 g/mol. The second-order valence-electron chi connectivity index (χ2n) is 6.94. The summed E-state index contributed by atoms with van der Waals surface area (Å²) in [7, 11) is 0. The average molecular weight is 480 g/mol. The molecular formula is C24H18ClN3O4S. The molecule has 3 N–H and O–H groups in total. The van der Waals surface area contributed by atoms with Crippen molar-refractivity contribution in [3.63, 3.8) is 0 Å². The van der Waals surface area contributed by atoms with E-state index in [0.717, 1.165) is 5.56 Å². The van der Waals surface area contributed by atoms with E-state index in [9.17, 15) is 14.4 Å². The number of benzene rings is 2. The highest BCUT2D eigenvalue weighted by atomic mass is 35.5. The zero-order valence-electron chi connectivity index (χ0n) is 17.1. The van der Waals surface area contributed by atoms with Crippen LogP contribution in [0.4, 0.5) is 11.4 Å². The van der Waals surface area contributed by atoms with Crippen molar-refractivity contribution in [3.05, 3.63) is 105 Å². The third-order valence-corrected chi connectivity index (χ3v) is 5.83. The normalized spacial score (nSPS) is 10.5. The van der Waals surface area contributed by atoms with Gasteiger partial charge in [-0.1, -0.05) is 29.8 Å². The summed E-state index contributed by atoms with van der Waals surface area (Å²) in [4.78, 5) is 37.5. The van der Waals surface area contributed by atoms with Crippen molar-refractivity contribution >= 4 is 52.0 Å². The number of carbonyl (C=O) groups is 3. The highest BCUT2D eigenvalue weighted by Gasteiger charge is 2.13. The first kappa shape index (κ1) is 22.3. The van der Waals surface area contributed by atoms with Gasteiger partial charge in [-0.05, 0) is 59.5 Å². The lowest BCUT2D eigenvalue weighted by Gasteiger charge is -2.10. The SMILES string of the molecule is O=C(NCc1ccc(NC(=O)c2ccco2)cc1)c1ccc(Cl)c(NC(=O)c2cccs2)c1. The molecule has 9 heteroatoms. The number of anilines is 2. The maximum atomic E-state index is 12.6. The molecule has 166 valence electrons. The van der Waals surface area contributed by atoms with Gasteiger partial charge in [0.05, 0.1) is 21.9 Å². The molecule has 0 atom stereocenters. The molecule has 4 aromatic rings. The zero-order chi connectivity index (χ0) is 23.2. The van der Waals surface area contributed by atoms with Crippen LogP contribution in [0.25, 0.3) is 0 Å². The average Bonchev–Trinajstić information content (AvgIpc) is 3.54. The lowest BCUT2D eigenvalue weighted by Crippen LogP contribution is -2.23. The fraction of sp³-hybridized carbons (Fsp3) is 0.0417. The molecule has 0 radical (unpaired) electrons. The maximum absolute atomic E-state index is 12.6. The Morgan fingerprint density at radius 1 is 0.879 bits per heavy atom. The Hall–Kier alpha value is -3.88. The molecule has 33 heavy (non-hydrogen) atoms. The standard InChI is InChI=1S/C24H18ClN3O4S/c25-18-10-7-16(13-19(18)28-24(31)21-4-2-12-33-21)22(29)26-14-15-5-8-17(9-6-15)27-23(30)20-3-1-11-32-20/h1-13H,14H2,(H,26,29)(H,27,30)(H,28,31). The fourth-order valence-corrected chi connectivity index (χ4v) is 3.73. The van der Waals surface area contributed by atoms with Gasteiger partial charge in [0.2, 0.25) is 0 Å². The summed E-state index contributed by atoms with van der Waals surface area (Å²) < 4.78 is 5.06. The van der Waals surface area contributed by atoms with Gasteiger partial charge in [-0.2, -0.15) is 0 Å². The predicted molar refractivity (Wildman–Crippen MR) is 128 cm³/mol. The number of carbonyl (C=O) groups excluding carboxylic acids is 3. The van der Waals surface area contributed by atoms with E-state index >= 15 is 0 Å². The Kier molecular flexibility index (Phi) is 6.87. The maximum Gasteiger partial charge on any atom is 0.291 e. The molecule has 3 amide bonds. The second kappa shape index (κ2) is 10.2. The van der Waals surface area contributed by atoms with Crippen LogP contribution >= 0.6 is 22.9 Å². The van der Waals surface area contributed by atoms with Crippen molar-refractivity contribution < 1.29 is 18.8 Å². The number of amides is 3. The van der Waals surface area contributed by atoms with E-state index in [2.05, 4.69) is 16.0 Å². The molecule has 4 rings (SSSR count). The minimum absolute atomic E-state index is 0.222.